The fourth-order valence-corrected chi connectivity index (χ4v) is 2.87. The Hall–Kier alpha value is -1.76. The molecule has 0 saturated heterocycles. The maximum atomic E-state index is 11.9. The van der Waals surface area contributed by atoms with Gasteiger partial charge in [-0.3, -0.25) is 4.90 Å². The molecule has 0 spiro atoms. The smallest absolute Gasteiger partial charge is 0.337 e. The predicted molar refractivity (Wildman–Crippen MR) is 56.9 cm³/mol. The van der Waals surface area contributed by atoms with Gasteiger partial charge in [0, 0.05) is 20.2 Å². The summed E-state index contributed by atoms with van der Waals surface area (Å²) in [4.78, 5) is 12.8. The summed E-state index contributed by atoms with van der Waals surface area (Å²) in [5.41, 5.74) is 0.183. The van der Waals surface area contributed by atoms with Crippen LogP contribution in [0, 0.1) is 0 Å². The minimum absolute atomic E-state index is 0.00917. The van der Waals surface area contributed by atoms with Crippen molar-refractivity contribution in [3.8, 4) is 5.75 Å². The van der Waals surface area contributed by atoms with Gasteiger partial charge in [-0.1, -0.05) is 0 Å². The van der Waals surface area contributed by atoms with Gasteiger partial charge >= 0.3 is 6.03 Å². The third-order valence-electron chi connectivity index (χ3n) is 2.50. The van der Waals surface area contributed by atoms with E-state index in [9.17, 15) is 18.3 Å². The lowest BCUT2D eigenvalue weighted by Crippen LogP contribution is -2.46. The lowest BCUT2D eigenvalue weighted by Gasteiger charge is -2.31. The highest BCUT2D eigenvalue weighted by Crippen LogP contribution is 2.34. The van der Waals surface area contributed by atoms with E-state index in [1.807, 2.05) is 0 Å². The van der Waals surface area contributed by atoms with Crippen LogP contribution in [0.25, 0.3) is 0 Å². The number of hydrogen-bond acceptors (Lipinski definition) is 4. The van der Waals surface area contributed by atoms with Crippen LogP contribution in [0.2, 0.25) is 0 Å². The van der Waals surface area contributed by atoms with Crippen LogP contribution in [0.3, 0.4) is 0 Å². The lowest BCUT2D eigenvalue weighted by molar-refractivity contribution is 0.234. The number of benzene rings is 1. The first kappa shape index (κ1) is 10.7. The van der Waals surface area contributed by atoms with Gasteiger partial charge in [0.15, 0.2) is 0 Å². The molecule has 16 heavy (non-hydrogen) atoms. The number of urea groups is 1. The molecule has 0 saturated carbocycles. The monoisotopic (exact) mass is 242 g/mol. The second-order valence-electron chi connectivity index (χ2n) is 3.47. The van der Waals surface area contributed by atoms with Gasteiger partial charge in [0.1, 0.15) is 10.6 Å². The summed E-state index contributed by atoms with van der Waals surface area (Å²) in [6.45, 7) is 0. The molecular weight excluding hydrogens is 232 g/mol. The Morgan fingerprint density at radius 3 is 2.50 bits per heavy atom. The second kappa shape index (κ2) is 3.11. The molecule has 1 heterocycles. The highest BCUT2D eigenvalue weighted by molar-refractivity contribution is 7.90. The highest BCUT2D eigenvalue weighted by atomic mass is 32.2. The van der Waals surface area contributed by atoms with Crippen molar-refractivity contribution >= 4 is 21.7 Å². The van der Waals surface area contributed by atoms with Crippen molar-refractivity contribution in [3.05, 3.63) is 18.2 Å². The first-order valence-corrected chi connectivity index (χ1v) is 5.89. The van der Waals surface area contributed by atoms with Gasteiger partial charge in [0.05, 0.1) is 5.69 Å². The predicted octanol–water partition coefficient (Wildman–Crippen LogP) is 0.583. The van der Waals surface area contributed by atoms with E-state index in [-0.39, 0.29) is 16.3 Å². The number of nitrogens with zero attached hydrogens (tertiary/aromatic N) is 2. The van der Waals surface area contributed by atoms with Crippen molar-refractivity contribution < 1.29 is 18.3 Å². The van der Waals surface area contributed by atoms with E-state index in [1.165, 1.54) is 37.2 Å². The number of fused-ring (bicyclic) bond motifs is 1. The van der Waals surface area contributed by atoms with Crippen LogP contribution >= 0.6 is 0 Å². The number of rotatable bonds is 0. The summed E-state index contributed by atoms with van der Waals surface area (Å²) in [5.74, 6) is -0.0850. The Morgan fingerprint density at radius 1 is 1.25 bits per heavy atom. The number of amides is 2. The Morgan fingerprint density at radius 2 is 1.88 bits per heavy atom. The average Bonchev–Trinajstić information content (AvgIpc) is 2.24. The number of anilines is 1. The minimum atomic E-state index is -3.79. The molecule has 7 heteroatoms. The van der Waals surface area contributed by atoms with E-state index in [0.29, 0.717) is 4.31 Å². The van der Waals surface area contributed by atoms with Gasteiger partial charge in [-0.15, -0.1) is 0 Å². The third-order valence-corrected chi connectivity index (χ3v) is 4.28. The quantitative estimate of drug-likeness (QED) is 0.722. The number of carbonyl (C=O) groups excluding carboxylic acids is 1. The van der Waals surface area contributed by atoms with Crippen LogP contribution in [-0.4, -0.2) is 38.0 Å². The number of hydrogen-bond donors (Lipinski definition) is 1. The molecule has 0 aromatic heterocycles. The van der Waals surface area contributed by atoms with E-state index >= 15 is 0 Å². The molecule has 86 valence electrons. The number of carbonyl (C=O) groups is 1. The van der Waals surface area contributed by atoms with Crippen LogP contribution in [0.5, 0.6) is 5.75 Å². The van der Waals surface area contributed by atoms with E-state index < -0.39 is 16.1 Å². The molecule has 1 aromatic rings. The summed E-state index contributed by atoms with van der Waals surface area (Å²) in [7, 11) is -1.14. The van der Waals surface area contributed by atoms with Crippen molar-refractivity contribution in [2.75, 3.05) is 19.0 Å². The Balaban J connectivity index is 2.79. The molecule has 1 aliphatic rings. The molecule has 2 rings (SSSR count). The molecule has 0 atom stereocenters. The van der Waals surface area contributed by atoms with Crippen LogP contribution < -0.4 is 4.90 Å². The average molecular weight is 242 g/mol. The van der Waals surface area contributed by atoms with Crippen molar-refractivity contribution in [2.24, 2.45) is 0 Å². The topological polar surface area (TPSA) is 77.9 Å². The number of aromatic hydroxyl groups is 1. The zero-order valence-corrected chi connectivity index (χ0v) is 9.52. The summed E-state index contributed by atoms with van der Waals surface area (Å²) in [6.07, 6.45) is 0. The highest BCUT2D eigenvalue weighted by Gasteiger charge is 2.37. The summed E-state index contributed by atoms with van der Waals surface area (Å²) in [5, 5.41) is 9.28. The van der Waals surface area contributed by atoms with Crippen molar-refractivity contribution in [1.82, 2.24) is 4.31 Å². The van der Waals surface area contributed by atoms with Gasteiger partial charge in [-0.25, -0.2) is 17.5 Å². The first-order valence-electron chi connectivity index (χ1n) is 4.45. The minimum Gasteiger partial charge on any atom is -0.508 e. The van der Waals surface area contributed by atoms with Crippen LogP contribution in [-0.2, 0) is 10.0 Å². The van der Waals surface area contributed by atoms with Crippen molar-refractivity contribution in [1.29, 1.82) is 0 Å². The fourth-order valence-electron chi connectivity index (χ4n) is 1.55. The molecule has 0 unspecified atom stereocenters. The van der Waals surface area contributed by atoms with Gasteiger partial charge in [-0.2, -0.15) is 0 Å². The van der Waals surface area contributed by atoms with E-state index in [2.05, 4.69) is 0 Å². The van der Waals surface area contributed by atoms with Gasteiger partial charge < -0.3 is 5.11 Å². The SMILES string of the molecule is CN1C(=O)N(C)S(=O)(=O)c2ccc(O)cc21. The maximum Gasteiger partial charge on any atom is 0.337 e. The molecule has 2 amide bonds. The molecule has 6 nitrogen and oxygen atoms in total. The first-order chi connectivity index (χ1) is 7.35. The maximum absolute atomic E-state index is 11.9. The van der Waals surface area contributed by atoms with Crippen molar-refractivity contribution in [2.45, 2.75) is 4.90 Å². The second-order valence-corrected chi connectivity index (χ2v) is 5.40. The Bertz CT molecular complexity index is 567. The molecule has 1 N–H and O–H groups in total. The Labute approximate surface area is 92.8 Å². The van der Waals surface area contributed by atoms with Gasteiger partial charge in [-0.05, 0) is 12.1 Å². The molecule has 0 bridgehead atoms. The normalized spacial score (nSPS) is 18.5. The molecule has 0 radical (unpaired) electrons. The fraction of sp³-hybridized carbons (Fsp3) is 0.222. The molecule has 0 fully saturated rings. The third kappa shape index (κ3) is 1.25. The summed E-state index contributed by atoms with van der Waals surface area (Å²) in [6, 6.07) is 3.14. The van der Waals surface area contributed by atoms with E-state index in [0.717, 1.165) is 0 Å². The molecule has 1 aliphatic heterocycles. The van der Waals surface area contributed by atoms with Gasteiger partial charge in [0.25, 0.3) is 10.0 Å². The van der Waals surface area contributed by atoms with Gasteiger partial charge in [0.2, 0.25) is 0 Å². The van der Waals surface area contributed by atoms with Crippen molar-refractivity contribution in [3.63, 3.8) is 0 Å². The van der Waals surface area contributed by atoms with Crippen LogP contribution in [0.1, 0.15) is 0 Å². The zero-order chi connectivity index (χ0) is 12.1. The lowest BCUT2D eigenvalue weighted by atomic mass is 10.3. The van der Waals surface area contributed by atoms with E-state index in [4.69, 9.17) is 0 Å². The Kier molecular flexibility index (Phi) is 2.09. The standard InChI is InChI=1S/C9H10N2O4S/c1-10-7-5-6(12)3-4-8(7)16(14,15)11(2)9(10)13/h3-5,12H,1-2H3. The summed E-state index contributed by atoms with van der Waals surface area (Å²) >= 11 is 0. The van der Waals surface area contributed by atoms with E-state index in [1.54, 1.807) is 0 Å². The van der Waals surface area contributed by atoms with Crippen LogP contribution in [0.15, 0.2) is 23.1 Å². The summed E-state index contributed by atoms with van der Waals surface area (Å²) < 4.78 is 24.4. The molecule has 1 aromatic carbocycles. The molecule has 0 aliphatic carbocycles. The zero-order valence-electron chi connectivity index (χ0n) is 8.71. The largest absolute Gasteiger partial charge is 0.508 e. The molecular formula is C9H10N2O4S. The number of phenolic OH excluding ortho intramolecular Hbond substituents is 1. The number of sulfonamides is 1. The number of phenols is 1. The van der Waals surface area contributed by atoms with Crippen LogP contribution in [0.4, 0.5) is 10.5 Å².